The Labute approximate surface area is 629 Å². The molecule has 2 aromatic heterocycles. The molecule has 0 amide bonds. The number of benzene rings is 14. The highest BCUT2D eigenvalue weighted by Gasteiger charge is 2.50. The van der Waals surface area contributed by atoms with Crippen LogP contribution in [0.1, 0.15) is 128 Å². The third kappa shape index (κ3) is 10.2. The van der Waals surface area contributed by atoms with E-state index >= 15 is 0 Å². The van der Waals surface area contributed by atoms with Crippen molar-refractivity contribution in [2.45, 2.75) is 120 Å². The summed E-state index contributed by atoms with van der Waals surface area (Å²) in [6.07, 6.45) is 0. The Bertz CT molecular complexity index is 6020. The lowest BCUT2D eigenvalue weighted by Gasteiger charge is -2.43. The van der Waals surface area contributed by atoms with Crippen molar-refractivity contribution < 1.29 is 0 Å². The Morgan fingerprint density at radius 3 is 1.13 bits per heavy atom. The number of fused-ring (bicyclic) bond motifs is 13. The standard InChI is InChI=1S/C101H86BN3S/c1-97(2,3)68-41-49-87-79(55-68)80-56-69(98(4,5)6)42-50-88(80)103(87)73-45-47-85-91(61-73)105(96-77(64-31-19-14-20-32-64)53-66(63-29-17-13-18-30-63)54-78(96)65-33-21-15-22-34-65)92-59-72(101(67-35-23-16-24-36-67)83-39-27-25-37-75(83)76-38-26-28-40-84(76)101)60-94-95(92)102(85)86-48-46-74(62-93(86)106-94)104-89-51-43-70(99(7,8)9)57-81(89)82-58-71(100(10,11)12)44-52-90(82)104/h13-62H,1-12H3. The molecular formula is C101H86BN3S. The van der Waals surface area contributed by atoms with Crippen molar-refractivity contribution in [1.82, 2.24) is 9.13 Å². The zero-order valence-electron chi connectivity index (χ0n) is 62.7. The minimum Gasteiger partial charge on any atom is -0.310 e. The molecule has 0 atom stereocenters. The summed E-state index contributed by atoms with van der Waals surface area (Å²) in [6.45, 7) is 27.9. The first-order valence-electron chi connectivity index (χ1n) is 37.8. The molecule has 0 saturated heterocycles. The van der Waals surface area contributed by atoms with E-state index < -0.39 is 5.41 Å². The fourth-order valence-corrected chi connectivity index (χ4v) is 19.2. The third-order valence-corrected chi connectivity index (χ3v) is 24.6. The van der Waals surface area contributed by atoms with E-state index in [4.69, 9.17) is 0 Å². The van der Waals surface area contributed by atoms with Crippen molar-refractivity contribution in [2.75, 3.05) is 4.90 Å². The summed E-state index contributed by atoms with van der Waals surface area (Å²) in [7, 11) is 0. The summed E-state index contributed by atoms with van der Waals surface area (Å²) < 4.78 is 5.12. The van der Waals surface area contributed by atoms with Gasteiger partial charge in [-0.2, -0.15) is 0 Å². The van der Waals surface area contributed by atoms with Gasteiger partial charge >= 0.3 is 0 Å². The summed E-state index contributed by atoms with van der Waals surface area (Å²) in [5.41, 5.74) is 33.2. The number of hydrogen-bond donors (Lipinski definition) is 0. The molecule has 3 aliphatic rings. The first-order chi connectivity index (χ1) is 51.1. The molecule has 4 heterocycles. The molecule has 0 spiro atoms. The maximum atomic E-state index is 2.75. The van der Waals surface area contributed by atoms with Gasteiger partial charge in [-0.15, -0.1) is 0 Å². The minimum atomic E-state index is -0.727. The van der Waals surface area contributed by atoms with Crippen LogP contribution in [0.4, 0.5) is 17.1 Å². The average Bonchev–Trinajstić information content (AvgIpc) is 1.21. The lowest BCUT2D eigenvalue weighted by atomic mass is 9.34. The third-order valence-electron chi connectivity index (χ3n) is 23.5. The van der Waals surface area contributed by atoms with Crippen molar-refractivity contribution in [2.24, 2.45) is 0 Å². The number of anilines is 3. The maximum Gasteiger partial charge on any atom is 0.249 e. The molecule has 0 unspecified atom stereocenters. The van der Waals surface area contributed by atoms with Crippen LogP contribution in [0.15, 0.2) is 313 Å². The molecule has 514 valence electrons. The van der Waals surface area contributed by atoms with E-state index in [1.807, 2.05) is 11.8 Å². The fraction of sp³-hybridized carbons (Fsp3) is 0.168. The quantitative estimate of drug-likeness (QED) is 0.141. The molecule has 3 nitrogen and oxygen atoms in total. The maximum absolute atomic E-state index is 2.75. The molecule has 0 saturated carbocycles. The molecule has 19 rings (SSSR count). The molecule has 14 aromatic carbocycles. The molecule has 106 heavy (non-hydrogen) atoms. The van der Waals surface area contributed by atoms with Crippen LogP contribution in [0.5, 0.6) is 0 Å². The zero-order chi connectivity index (χ0) is 72.5. The number of aromatic nitrogens is 2. The van der Waals surface area contributed by atoms with Crippen LogP contribution in [0.25, 0.3) is 99.5 Å². The lowest BCUT2D eigenvalue weighted by molar-refractivity contribution is 0.590. The minimum absolute atomic E-state index is 0.0280. The van der Waals surface area contributed by atoms with E-state index in [-0.39, 0.29) is 28.4 Å². The summed E-state index contributed by atoms with van der Waals surface area (Å²) in [4.78, 5) is 5.26. The van der Waals surface area contributed by atoms with E-state index in [2.05, 4.69) is 400 Å². The van der Waals surface area contributed by atoms with Crippen LogP contribution in [0.2, 0.25) is 0 Å². The number of hydrogen-bond acceptors (Lipinski definition) is 2. The Morgan fingerprint density at radius 1 is 0.292 bits per heavy atom. The Hall–Kier alpha value is -11.1. The van der Waals surface area contributed by atoms with Gasteiger partial charge in [-0.1, -0.05) is 307 Å². The second kappa shape index (κ2) is 24.0. The monoisotopic (exact) mass is 1380 g/mol. The van der Waals surface area contributed by atoms with Gasteiger partial charge in [0.25, 0.3) is 0 Å². The van der Waals surface area contributed by atoms with Gasteiger partial charge in [-0.25, -0.2) is 0 Å². The second-order valence-corrected chi connectivity index (χ2v) is 35.2. The Balaban J connectivity index is 0.962. The normalized spacial score (nSPS) is 13.8. The van der Waals surface area contributed by atoms with E-state index in [0.717, 1.165) is 50.6 Å². The molecular weight excluding hydrogens is 1300 g/mol. The van der Waals surface area contributed by atoms with Gasteiger partial charge in [-0.05, 0) is 208 Å². The van der Waals surface area contributed by atoms with Crippen molar-refractivity contribution in [1.29, 1.82) is 0 Å². The zero-order valence-corrected chi connectivity index (χ0v) is 63.5. The Morgan fingerprint density at radius 2 is 0.689 bits per heavy atom. The molecule has 2 aliphatic heterocycles. The first-order valence-corrected chi connectivity index (χ1v) is 38.6. The van der Waals surface area contributed by atoms with E-state index in [9.17, 15) is 0 Å². The predicted molar refractivity (Wildman–Crippen MR) is 453 cm³/mol. The van der Waals surface area contributed by atoms with Crippen molar-refractivity contribution in [3.8, 4) is 55.9 Å². The van der Waals surface area contributed by atoms with Gasteiger partial charge in [0.15, 0.2) is 0 Å². The van der Waals surface area contributed by atoms with Crippen LogP contribution in [0, 0.1) is 0 Å². The number of nitrogens with zero attached hydrogens (tertiary/aromatic N) is 3. The van der Waals surface area contributed by atoms with E-state index in [0.29, 0.717) is 0 Å². The van der Waals surface area contributed by atoms with Crippen molar-refractivity contribution in [3.63, 3.8) is 0 Å². The Kier molecular flexibility index (Phi) is 14.8. The molecule has 0 N–H and O–H groups in total. The van der Waals surface area contributed by atoms with Crippen LogP contribution in [-0.4, -0.2) is 15.8 Å². The van der Waals surface area contributed by atoms with Gasteiger partial charge in [0.05, 0.1) is 33.2 Å². The van der Waals surface area contributed by atoms with Gasteiger partial charge < -0.3 is 14.0 Å². The summed E-state index contributed by atoms with van der Waals surface area (Å²) in [5.74, 6) is 0. The van der Waals surface area contributed by atoms with Crippen LogP contribution >= 0.6 is 11.8 Å². The molecule has 5 heteroatoms. The average molecular weight is 1380 g/mol. The highest BCUT2D eigenvalue weighted by atomic mass is 32.2. The van der Waals surface area contributed by atoms with Crippen LogP contribution in [-0.2, 0) is 27.1 Å². The van der Waals surface area contributed by atoms with E-state index in [1.54, 1.807) is 0 Å². The van der Waals surface area contributed by atoms with E-state index in [1.165, 1.54) is 137 Å². The second-order valence-electron chi connectivity index (χ2n) is 34.1. The smallest absolute Gasteiger partial charge is 0.249 e. The van der Waals surface area contributed by atoms with Crippen molar-refractivity contribution in [3.05, 3.63) is 348 Å². The topological polar surface area (TPSA) is 13.1 Å². The van der Waals surface area contributed by atoms with Gasteiger partial charge in [0.1, 0.15) is 0 Å². The molecule has 16 aromatic rings. The molecule has 0 fully saturated rings. The highest BCUT2D eigenvalue weighted by molar-refractivity contribution is 8.00. The predicted octanol–water partition coefficient (Wildman–Crippen LogP) is 25.2. The van der Waals surface area contributed by atoms with Crippen LogP contribution < -0.4 is 21.3 Å². The molecule has 1 aliphatic carbocycles. The highest BCUT2D eigenvalue weighted by Crippen LogP contribution is 2.59. The molecule has 0 radical (unpaired) electrons. The van der Waals surface area contributed by atoms with Gasteiger partial charge in [0, 0.05) is 65.2 Å². The van der Waals surface area contributed by atoms with Gasteiger partial charge in [-0.3, -0.25) is 0 Å². The van der Waals surface area contributed by atoms with Gasteiger partial charge in [0.2, 0.25) is 6.71 Å². The number of rotatable bonds is 8. The summed E-state index contributed by atoms with van der Waals surface area (Å²) >= 11 is 1.95. The SMILES string of the molecule is CC(C)(C)c1ccc2c(c1)c1cc(C(C)(C)C)ccc1n2-c1ccc2c(c1)Sc1cc(C3(c4ccccc4)c4ccccc4-c4ccccc43)cc3c1B2c1ccc(-n2c4ccc(C(C)(C)C)cc4c4cc(C(C)(C)C)ccc42)cc1N3c1c(-c2ccccc2)cc(-c2ccccc2)cc1-c1ccccc1. The van der Waals surface area contributed by atoms with Crippen LogP contribution in [0.3, 0.4) is 0 Å². The largest absolute Gasteiger partial charge is 0.310 e. The molecule has 0 bridgehead atoms. The fourth-order valence-electron chi connectivity index (χ4n) is 18.0. The first kappa shape index (κ1) is 65.6. The summed E-state index contributed by atoms with van der Waals surface area (Å²) in [5, 5.41) is 5.10. The lowest BCUT2D eigenvalue weighted by Crippen LogP contribution is -2.60. The summed E-state index contributed by atoms with van der Waals surface area (Å²) in [6, 6.07) is 118. The van der Waals surface area contributed by atoms with Crippen molar-refractivity contribution >= 4 is 95.5 Å².